The molecule has 1 aromatic rings. The van der Waals surface area contributed by atoms with Gasteiger partial charge < -0.3 is 9.84 Å². The van der Waals surface area contributed by atoms with Crippen LogP contribution in [-0.2, 0) is 10.3 Å². The van der Waals surface area contributed by atoms with E-state index in [1.54, 1.807) is 7.11 Å². The van der Waals surface area contributed by atoms with E-state index < -0.39 is 5.60 Å². The fourth-order valence-electron chi connectivity index (χ4n) is 1.33. The Morgan fingerprint density at radius 3 is 2.06 bits per heavy atom. The molecule has 1 rings (SSSR count). The molecule has 0 radical (unpaired) electrons. The summed E-state index contributed by atoms with van der Waals surface area (Å²) >= 11 is 17.1. The lowest BCUT2D eigenvalue weighted by atomic mass is 9.98. The van der Waals surface area contributed by atoms with E-state index in [1.165, 1.54) is 0 Å². The van der Waals surface area contributed by atoms with E-state index in [1.807, 2.05) is 12.1 Å². The molecule has 1 unspecified atom stereocenters. The smallest absolute Gasteiger partial charge is 0.143 e. The summed E-state index contributed by atoms with van der Waals surface area (Å²) in [5.74, 6) is 0.175. The summed E-state index contributed by atoms with van der Waals surface area (Å²) in [4.78, 5) is 0. The van der Waals surface area contributed by atoms with Crippen molar-refractivity contribution in [3.8, 4) is 5.75 Å². The van der Waals surface area contributed by atoms with Gasteiger partial charge in [0.25, 0.3) is 0 Å². The van der Waals surface area contributed by atoms with Crippen LogP contribution in [0.5, 0.6) is 5.75 Å². The van der Waals surface area contributed by atoms with Gasteiger partial charge in [-0.3, -0.25) is 0 Å². The molecule has 7 heteroatoms. The second-order valence-corrected chi connectivity index (χ2v) is 8.65. The normalized spacial score (nSPS) is 15.0. The highest BCUT2D eigenvalue weighted by molar-refractivity contribution is 9.24. The molecule has 0 bridgehead atoms. The second kappa shape index (κ2) is 6.70. The summed E-state index contributed by atoms with van der Waals surface area (Å²) in [6.07, 6.45) is 0. The van der Waals surface area contributed by atoms with Crippen molar-refractivity contribution in [1.82, 2.24) is 0 Å². The Labute approximate surface area is 142 Å². The largest absolute Gasteiger partial charge is 0.506 e. The van der Waals surface area contributed by atoms with Gasteiger partial charge in [-0.1, -0.05) is 47.8 Å². The predicted octanol–water partition coefficient (Wildman–Crippen LogP) is 5.27. The van der Waals surface area contributed by atoms with Crippen molar-refractivity contribution in [1.29, 1.82) is 0 Å². The van der Waals surface area contributed by atoms with Crippen LogP contribution in [-0.4, -0.2) is 21.3 Å². The van der Waals surface area contributed by atoms with Gasteiger partial charge in [-0.25, -0.2) is 0 Å². The fourth-order valence-corrected chi connectivity index (χ4v) is 5.49. The van der Waals surface area contributed by atoms with E-state index >= 15 is 0 Å². The minimum atomic E-state index is -0.571. The van der Waals surface area contributed by atoms with Crippen molar-refractivity contribution >= 4 is 79.6 Å². The maximum absolute atomic E-state index is 9.71. The lowest BCUT2D eigenvalue weighted by Gasteiger charge is -2.33. The van der Waals surface area contributed by atoms with Crippen molar-refractivity contribution in [2.24, 2.45) is 0 Å². The molecule has 1 aromatic carbocycles. The maximum Gasteiger partial charge on any atom is 0.143 e. The minimum Gasteiger partial charge on any atom is -0.506 e. The van der Waals surface area contributed by atoms with Crippen molar-refractivity contribution in [3.05, 3.63) is 26.6 Å². The van der Waals surface area contributed by atoms with Gasteiger partial charge in [0, 0.05) is 12.4 Å². The zero-order valence-corrected chi connectivity index (χ0v) is 16.6. The van der Waals surface area contributed by atoms with Gasteiger partial charge in [-0.2, -0.15) is 0 Å². The number of rotatable bonds is 4. The first kappa shape index (κ1) is 16.4. The van der Waals surface area contributed by atoms with Crippen LogP contribution in [0.4, 0.5) is 0 Å². The van der Waals surface area contributed by atoms with Gasteiger partial charge in [-0.05, 0) is 49.6 Å². The Morgan fingerprint density at radius 1 is 1.29 bits per heavy atom. The standard InChI is InChI=1S/C10H9Br5O2/c1-17-10(4-11,9(14)15)5-2-6(12)8(16)7(13)3-5/h2-3,9,16H,4H2,1H3. The van der Waals surface area contributed by atoms with E-state index in [2.05, 4.69) is 79.6 Å². The highest BCUT2D eigenvalue weighted by atomic mass is 79.9. The number of hydrogen-bond acceptors (Lipinski definition) is 2. The summed E-state index contributed by atoms with van der Waals surface area (Å²) in [6, 6.07) is 3.67. The zero-order valence-electron chi connectivity index (χ0n) is 8.68. The molecular formula is C10H9Br5O2. The van der Waals surface area contributed by atoms with Crippen molar-refractivity contribution < 1.29 is 9.84 Å². The molecule has 96 valence electrons. The van der Waals surface area contributed by atoms with Gasteiger partial charge in [0.05, 0.1) is 8.95 Å². The number of hydrogen-bond donors (Lipinski definition) is 1. The summed E-state index contributed by atoms with van der Waals surface area (Å²) in [6.45, 7) is 0. The fraction of sp³-hybridized carbons (Fsp3) is 0.400. The average Bonchev–Trinajstić information content (AvgIpc) is 2.27. The molecule has 0 fully saturated rings. The van der Waals surface area contributed by atoms with Gasteiger partial charge >= 0.3 is 0 Å². The third-order valence-corrected chi connectivity index (χ3v) is 5.94. The lowest BCUT2D eigenvalue weighted by Crippen LogP contribution is -2.36. The number of benzene rings is 1. The molecule has 0 heterocycles. The molecule has 0 saturated heterocycles. The van der Waals surface area contributed by atoms with E-state index in [0.29, 0.717) is 14.3 Å². The minimum absolute atomic E-state index is 0.0739. The van der Waals surface area contributed by atoms with Crippen LogP contribution in [0.15, 0.2) is 21.1 Å². The number of halogens is 5. The zero-order chi connectivity index (χ0) is 13.2. The van der Waals surface area contributed by atoms with Gasteiger partial charge in [0.15, 0.2) is 0 Å². The van der Waals surface area contributed by atoms with Crippen molar-refractivity contribution in [2.75, 3.05) is 12.4 Å². The van der Waals surface area contributed by atoms with Crippen LogP contribution in [0.25, 0.3) is 0 Å². The Kier molecular flexibility index (Phi) is 6.48. The van der Waals surface area contributed by atoms with Gasteiger partial charge in [-0.15, -0.1) is 0 Å². The van der Waals surface area contributed by atoms with E-state index in [9.17, 15) is 5.11 Å². The molecule has 0 aliphatic heterocycles. The summed E-state index contributed by atoms with van der Waals surface area (Å²) in [5, 5.41) is 10.3. The second-order valence-electron chi connectivity index (χ2n) is 3.32. The highest BCUT2D eigenvalue weighted by Gasteiger charge is 2.38. The molecule has 1 N–H and O–H groups in total. The van der Waals surface area contributed by atoms with Crippen LogP contribution >= 0.6 is 79.6 Å². The van der Waals surface area contributed by atoms with Crippen molar-refractivity contribution in [2.45, 2.75) is 9.34 Å². The van der Waals surface area contributed by atoms with Crippen LogP contribution in [0.3, 0.4) is 0 Å². The maximum atomic E-state index is 9.71. The quantitative estimate of drug-likeness (QED) is 0.509. The number of ether oxygens (including phenoxy) is 1. The van der Waals surface area contributed by atoms with Crippen LogP contribution in [0.1, 0.15) is 5.56 Å². The molecule has 1 atom stereocenters. The van der Waals surface area contributed by atoms with Crippen LogP contribution < -0.4 is 0 Å². The highest BCUT2D eigenvalue weighted by Crippen LogP contribution is 2.43. The Morgan fingerprint density at radius 2 is 1.76 bits per heavy atom. The number of aromatic hydroxyl groups is 1. The summed E-state index contributed by atoms with van der Waals surface area (Å²) in [5.41, 5.74) is 0.353. The molecule has 17 heavy (non-hydrogen) atoms. The number of alkyl halides is 3. The molecular weight excluding hydrogens is 552 g/mol. The van der Waals surface area contributed by atoms with Crippen molar-refractivity contribution in [3.63, 3.8) is 0 Å². The molecule has 0 aliphatic rings. The number of methoxy groups -OCH3 is 1. The predicted molar refractivity (Wildman–Crippen MR) is 87.6 cm³/mol. The molecule has 0 aromatic heterocycles. The molecule has 2 nitrogen and oxygen atoms in total. The molecule has 0 spiro atoms. The first-order valence-corrected chi connectivity index (χ1v) is 9.00. The molecule has 0 aliphatic carbocycles. The third kappa shape index (κ3) is 3.28. The van der Waals surface area contributed by atoms with E-state index in [4.69, 9.17) is 4.74 Å². The Bertz CT molecular complexity index is 381. The van der Waals surface area contributed by atoms with E-state index in [-0.39, 0.29) is 9.49 Å². The molecule has 0 saturated carbocycles. The first-order chi connectivity index (χ1) is 7.89. The lowest BCUT2D eigenvalue weighted by molar-refractivity contribution is 0.0248. The number of phenolic OH excluding ortho intramolecular Hbond substituents is 1. The topological polar surface area (TPSA) is 29.5 Å². The van der Waals surface area contributed by atoms with Crippen LogP contribution in [0, 0.1) is 0 Å². The average molecular weight is 561 g/mol. The monoisotopic (exact) mass is 556 g/mol. The Balaban J connectivity index is 3.39. The summed E-state index contributed by atoms with van der Waals surface area (Å²) in [7, 11) is 1.64. The third-order valence-electron chi connectivity index (χ3n) is 2.42. The summed E-state index contributed by atoms with van der Waals surface area (Å²) < 4.78 is 6.78. The first-order valence-electron chi connectivity index (χ1n) is 4.46. The number of phenols is 1. The van der Waals surface area contributed by atoms with Gasteiger partial charge in [0.2, 0.25) is 0 Å². The molecule has 0 amide bonds. The van der Waals surface area contributed by atoms with E-state index in [0.717, 1.165) is 5.56 Å². The van der Waals surface area contributed by atoms with Gasteiger partial charge in [0.1, 0.15) is 15.1 Å². The SMILES string of the molecule is COC(CBr)(c1cc(Br)c(O)c(Br)c1)C(Br)Br. The van der Waals surface area contributed by atoms with Crippen LogP contribution in [0.2, 0.25) is 0 Å². The Hall–Kier alpha value is 1.38.